The van der Waals surface area contributed by atoms with E-state index in [1.165, 1.54) is 30.3 Å². The first-order valence-corrected chi connectivity index (χ1v) is 15.5. The maximum atomic E-state index is 13.6. The van der Waals surface area contributed by atoms with Crippen molar-refractivity contribution in [1.29, 1.82) is 0 Å². The van der Waals surface area contributed by atoms with Crippen molar-refractivity contribution >= 4 is 28.9 Å². The first kappa shape index (κ1) is 25.4. The average molecular weight is 501 g/mol. The van der Waals surface area contributed by atoms with Gasteiger partial charge in [0.25, 0.3) is 0 Å². The molecule has 1 N–H and O–H groups in total. The van der Waals surface area contributed by atoms with Gasteiger partial charge in [-0.05, 0) is 43.3 Å². The van der Waals surface area contributed by atoms with Crippen LogP contribution in [-0.4, -0.2) is 43.9 Å². The summed E-state index contributed by atoms with van der Waals surface area (Å²) in [6.45, 7) is 7.16. The SMILES string of the molecule is CC(O)(c1nc2cc(S(=O)(=O)c3ccccc3)ccc2n1COCC[Si](C)(C)C)C(F)(F)F. The number of hydrogen-bond acceptors (Lipinski definition) is 5. The van der Waals surface area contributed by atoms with Gasteiger partial charge in [0.2, 0.25) is 15.4 Å². The number of aliphatic hydroxyl groups is 1. The number of hydrogen-bond donors (Lipinski definition) is 1. The zero-order valence-corrected chi connectivity index (χ0v) is 20.7. The summed E-state index contributed by atoms with van der Waals surface area (Å²) in [5.74, 6) is -0.660. The van der Waals surface area contributed by atoms with E-state index in [4.69, 9.17) is 4.74 Å². The Bertz CT molecular complexity index is 1230. The maximum Gasteiger partial charge on any atom is 0.424 e. The molecule has 6 nitrogen and oxygen atoms in total. The summed E-state index contributed by atoms with van der Waals surface area (Å²) in [5, 5.41) is 10.3. The fraction of sp³-hybridized carbons (Fsp3) is 0.409. The zero-order valence-electron chi connectivity index (χ0n) is 18.8. The second kappa shape index (κ2) is 8.86. The molecule has 1 aromatic heterocycles. The summed E-state index contributed by atoms with van der Waals surface area (Å²) in [6.07, 6.45) is -5.00. The van der Waals surface area contributed by atoms with Crippen LogP contribution in [-0.2, 0) is 26.9 Å². The lowest BCUT2D eigenvalue weighted by atomic mass is 10.1. The first-order valence-electron chi connectivity index (χ1n) is 10.3. The van der Waals surface area contributed by atoms with Crippen LogP contribution in [0.3, 0.4) is 0 Å². The van der Waals surface area contributed by atoms with Crippen LogP contribution in [0.5, 0.6) is 0 Å². The highest BCUT2D eigenvalue weighted by molar-refractivity contribution is 7.91. The van der Waals surface area contributed by atoms with E-state index in [1.807, 2.05) is 0 Å². The molecule has 2 aromatic carbocycles. The van der Waals surface area contributed by atoms with Crippen molar-refractivity contribution in [3.05, 3.63) is 54.4 Å². The molecule has 0 bridgehead atoms. The molecule has 33 heavy (non-hydrogen) atoms. The van der Waals surface area contributed by atoms with Gasteiger partial charge >= 0.3 is 6.18 Å². The zero-order chi connectivity index (χ0) is 24.7. The van der Waals surface area contributed by atoms with Crippen LogP contribution in [0.25, 0.3) is 11.0 Å². The lowest BCUT2D eigenvalue weighted by Crippen LogP contribution is -2.41. The second-order valence-electron chi connectivity index (χ2n) is 9.25. The van der Waals surface area contributed by atoms with E-state index in [-0.39, 0.29) is 27.6 Å². The third-order valence-corrected chi connectivity index (χ3v) is 8.76. The number of halogens is 3. The Morgan fingerprint density at radius 3 is 2.27 bits per heavy atom. The van der Waals surface area contributed by atoms with E-state index >= 15 is 0 Å². The van der Waals surface area contributed by atoms with Crippen molar-refractivity contribution < 1.29 is 31.4 Å². The van der Waals surface area contributed by atoms with E-state index in [9.17, 15) is 26.7 Å². The molecule has 0 spiro atoms. The molecule has 1 atom stereocenters. The summed E-state index contributed by atoms with van der Waals surface area (Å²) in [7, 11) is -5.32. The van der Waals surface area contributed by atoms with Crippen molar-refractivity contribution in [2.24, 2.45) is 0 Å². The van der Waals surface area contributed by atoms with Gasteiger partial charge in [0, 0.05) is 14.7 Å². The van der Waals surface area contributed by atoms with Gasteiger partial charge < -0.3 is 14.4 Å². The minimum Gasteiger partial charge on any atom is -0.374 e. The Balaban J connectivity index is 2.08. The summed E-state index contributed by atoms with van der Waals surface area (Å²) in [4.78, 5) is 3.95. The van der Waals surface area contributed by atoms with Crippen molar-refractivity contribution in [3.63, 3.8) is 0 Å². The van der Waals surface area contributed by atoms with Gasteiger partial charge in [-0.2, -0.15) is 13.2 Å². The van der Waals surface area contributed by atoms with Crippen LogP contribution in [0.4, 0.5) is 13.2 Å². The van der Waals surface area contributed by atoms with Gasteiger partial charge in [-0.3, -0.25) is 0 Å². The Morgan fingerprint density at radius 2 is 1.70 bits per heavy atom. The van der Waals surface area contributed by atoms with Gasteiger partial charge in [0.15, 0.2) is 5.82 Å². The molecule has 0 fully saturated rings. The molecular weight excluding hydrogens is 473 g/mol. The number of benzene rings is 2. The van der Waals surface area contributed by atoms with Crippen molar-refractivity contribution in [3.8, 4) is 0 Å². The number of alkyl halides is 3. The number of rotatable bonds is 8. The van der Waals surface area contributed by atoms with Crippen LogP contribution < -0.4 is 0 Å². The summed E-state index contributed by atoms with van der Waals surface area (Å²) >= 11 is 0. The Hall–Kier alpha value is -2.21. The van der Waals surface area contributed by atoms with E-state index < -0.39 is 35.5 Å². The molecule has 0 aliphatic heterocycles. The smallest absolute Gasteiger partial charge is 0.374 e. The quantitative estimate of drug-likeness (QED) is 0.350. The number of imidazole rings is 1. The molecule has 0 radical (unpaired) electrons. The molecule has 0 aliphatic carbocycles. The van der Waals surface area contributed by atoms with E-state index in [2.05, 4.69) is 24.6 Å². The largest absolute Gasteiger partial charge is 0.424 e. The van der Waals surface area contributed by atoms with Crippen molar-refractivity contribution in [1.82, 2.24) is 9.55 Å². The van der Waals surface area contributed by atoms with Gasteiger partial charge in [-0.25, -0.2) is 13.4 Å². The highest BCUT2D eigenvalue weighted by Crippen LogP contribution is 2.39. The molecule has 0 amide bonds. The molecule has 0 saturated carbocycles. The Labute approximate surface area is 192 Å². The summed E-state index contributed by atoms with van der Waals surface area (Å²) in [5.41, 5.74) is -3.01. The highest BCUT2D eigenvalue weighted by atomic mass is 32.2. The Kier molecular flexibility index (Phi) is 6.82. The number of aromatic nitrogens is 2. The molecule has 180 valence electrons. The number of nitrogens with zero attached hydrogens (tertiary/aromatic N) is 2. The molecule has 1 unspecified atom stereocenters. The van der Waals surface area contributed by atoms with Crippen molar-refractivity contribution in [2.45, 2.75) is 60.9 Å². The third kappa shape index (κ3) is 5.31. The predicted octanol–water partition coefficient (Wildman–Crippen LogP) is 4.95. The number of sulfone groups is 1. The third-order valence-electron chi connectivity index (χ3n) is 5.29. The topological polar surface area (TPSA) is 81.4 Å². The average Bonchev–Trinajstić information content (AvgIpc) is 3.09. The monoisotopic (exact) mass is 500 g/mol. The van der Waals surface area contributed by atoms with Gasteiger partial charge in [-0.15, -0.1) is 0 Å². The van der Waals surface area contributed by atoms with E-state index in [0.29, 0.717) is 13.5 Å². The van der Waals surface area contributed by atoms with Crippen LogP contribution in [0.15, 0.2) is 58.3 Å². The van der Waals surface area contributed by atoms with Crippen LogP contribution in [0, 0.1) is 0 Å². The fourth-order valence-corrected chi connectivity index (χ4v) is 5.23. The van der Waals surface area contributed by atoms with Crippen LogP contribution in [0.2, 0.25) is 25.7 Å². The van der Waals surface area contributed by atoms with Crippen molar-refractivity contribution in [2.75, 3.05) is 6.61 Å². The van der Waals surface area contributed by atoms with Crippen LogP contribution in [0.1, 0.15) is 12.7 Å². The van der Waals surface area contributed by atoms with E-state index in [0.717, 1.165) is 10.6 Å². The number of fused-ring (bicyclic) bond motifs is 1. The molecule has 3 rings (SSSR count). The fourth-order valence-electron chi connectivity index (χ4n) is 3.18. The molecule has 0 aliphatic rings. The standard InChI is InChI=1S/C22H27F3N2O4SSi/c1-21(28,22(23,24)25)20-26-18-14-17(32(29,30)16-8-6-5-7-9-16)10-11-19(18)27(20)15-31-12-13-33(2,3)4/h5-11,14,28H,12-13,15H2,1-4H3. The Morgan fingerprint density at radius 1 is 1.06 bits per heavy atom. The minimum absolute atomic E-state index is 0.0142. The number of ether oxygens (including phenoxy) is 1. The molecular formula is C22H27F3N2O4SSi. The summed E-state index contributed by atoms with van der Waals surface area (Å²) in [6, 6.07) is 12.4. The highest BCUT2D eigenvalue weighted by Gasteiger charge is 2.54. The summed E-state index contributed by atoms with van der Waals surface area (Å²) < 4.78 is 73.6. The van der Waals surface area contributed by atoms with Crippen LogP contribution >= 0.6 is 0 Å². The minimum atomic E-state index is -5.00. The van der Waals surface area contributed by atoms with E-state index in [1.54, 1.807) is 18.2 Å². The molecule has 1 heterocycles. The predicted molar refractivity (Wildman–Crippen MR) is 121 cm³/mol. The molecule has 0 saturated heterocycles. The van der Waals surface area contributed by atoms with Gasteiger partial charge in [0.1, 0.15) is 6.73 Å². The normalized spacial score (nSPS) is 15.0. The van der Waals surface area contributed by atoms with Gasteiger partial charge in [-0.1, -0.05) is 37.8 Å². The van der Waals surface area contributed by atoms with Gasteiger partial charge in [0.05, 0.1) is 20.8 Å². The second-order valence-corrected chi connectivity index (χ2v) is 16.8. The molecule has 11 heteroatoms. The lowest BCUT2D eigenvalue weighted by molar-refractivity contribution is -0.263. The molecule has 3 aromatic rings. The lowest BCUT2D eigenvalue weighted by Gasteiger charge is -2.26. The maximum absolute atomic E-state index is 13.6. The first-order chi connectivity index (χ1) is 15.1.